The van der Waals surface area contributed by atoms with E-state index in [4.69, 9.17) is 6.42 Å². The summed E-state index contributed by atoms with van der Waals surface area (Å²) in [6.45, 7) is 7.08. The largest absolute Gasteiger partial charge is 0.386 e. The first-order chi connectivity index (χ1) is 11.2. The van der Waals surface area contributed by atoms with Crippen molar-refractivity contribution in [3.63, 3.8) is 0 Å². The monoisotopic (exact) mass is 307 g/mol. The molecule has 0 saturated heterocycles. The average Bonchev–Trinajstić information content (AvgIpc) is 2.57. The molecule has 1 aromatic carbocycles. The lowest BCUT2D eigenvalue weighted by Crippen LogP contribution is -2.41. The lowest BCUT2D eigenvalue weighted by Gasteiger charge is -2.42. The van der Waals surface area contributed by atoms with E-state index in [1.807, 2.05) is 14.1 Å². The van der Waals surface area contributed by atoms with Crippen LogP contribution in [0.5, 0.6) is 0 Å². The Morgan fingerprint density at radius 2 is 2.17 bits per heavy atom. The predicted molar refractivity (Wildman–Crippen MR) is 95.7 cm³/mol. The Bertz CT molecular complexity index is 693. The van der Waals surface area contributed by atoms with Crippen LogP contribution in [0.2, 0.25) is 0 Å². The zero-order valence-electron chi connectivity index (χ0n) is 14.1. The molecule has 0 radical (unpaired) electrons. The molecule has 23 heavy (non-hydrogen) atoms. The van der Waals surface area contributed by atoms with E-state index in [0.717, 1.165) is 43.7 Å². The maximum Gasteiger partial charge on any atom is 0.0884 e. The van der Waals surface area contributed by atoms with Gasteiger partial charge in [-0.2, -0.15) is 0 Å². The summed E-state index contributed by atoms with van der Waals surface area (Å²) in [6, 6.07) is 6.92. The second kappa shape index (κ2) is 6.52. The van der Waals surface area contributed by atoms with Gasteiger partial charge in [-0.3, -0.25) is 0 Å². The van der Waals surface area contributed by atoms with Gasteiger partial charge in [0.25, 0.3) is 0 Å². The first-order valence-corrected chi connectivity index (χ1v) is 8.27. The lowest BCUT2D eigenvalue weighted by molar-refractivity contribution is 0.286. The topological polar surface area (TPSA) is 27.3 Å². The van der Waals surface area contributed by atoms with Crippen molar-refractivity contribution in [2.24, 2.45) is 5.92 Å². The molecule has 120 valence electrons. The van der Waals surface area contributed by atoms with Crippen molar-refractivity contribution in [1.82, 2.24) is 15.5 Å². The highest BCUT2D eigenvalue weighted by molar-refractivity contribution is 5.54. The van der Waals surface area contributed by atoms with Crippen molar-refractivity contribution in [2.45, 2.75) is 19.4 Å². The van der Waals surface area contributed by atoms with Crippen molar-refractivity contribution in [3.05, 3.63) is 58.4 Å². The molecule has 2 N–H and O–H groups in total. The van der Waals surface area contributed by atoms with Gasteiger partial charge in [-0.25, -0.2) is 0 Å². The van der Waals surface area contributed by atoms with E-state index in [0.29, 0.717) is 0 Å². The minimum Gasteiger partial charge on any atom is -0.386 e. The van der Waals surface area contributed by atoms with Gasteiger partial charge in [0.1, 0.15) is 0 Å². The fourth-order valence-corrected chi connectivity index (χ4v) is 3.59. The second-order valence-electron chi connectivity index (χ2n) is 6.26. The van der Waals surface area contributed by atoms with E-state index in [2.05, 4.69) is 46.2 Å². The first-order valence-electron chi connectivity index (χ1n) is 8.27. The van der Waals surface area contributed by atoms with Crippen molar-refractivity contribution >= 4 is 0 Å². The van der Waals surface area contributed by atoms with Crippen LogP contribution < -0.4 is 10.6 Å². The van der Waals surface area contributed by atoms with Gasteiger partial charge in [0.05, 0.1) is 17.3 Å². The molecule has 0 aromatic heterocycles. The molecule has 0 saturated carbocycles. The normalized spacial score (nSPS) is 20.0. The number of hydrogen-bond donors (Lipinski definition) is 2. The summed E-state index contributed by atoms with van der Waals surface area (Å²) in [4.78, 5) is 2.43. The molecule has 3 heteroatoms. The summed E-state index contributed by atoms with van der Waals surface area (Å²) in [5.41, 5.74) is 7.71. The zero-order valence-corrected chi connectivity index (χ0v) is 14.1. The maximum atomic E-state index is 5.71. The number of hydrogen-bond acceptors (Lipinski definition) is 3. The molecule has 0 bridgehead atoms. The maximum absolute atomic E-state index is 5.71. The van der Waals surface area contributed by atoms with Crippen molar-refractivity contribution in [1.29, 1.82) is 0 Å². The minimum absolute atomic E-state index is 0.0616. The van der Waals surface area contributed by atoms with Crippen molar-refractivity contribution in [3.8, 4) is 12.3 Å². The van der Waals surface area contributed by atoms with Crippen LogP contribution in [0.4, 0.5) is 0 Å². The lowest BCUT2D eigenvalue weighted by atomic mass is 9.80. The van der Waals surface area contributed by atoms with Crippen molar-refractivity contribution in [2.75, 3.05) is 27.2 Å². The molecule has 0 spiro atoms. The summed E-state index contributed by atoms with van der Waals surface area (Å²) in [5, 5.41) is 6.48. The molecule has 1 aliphatic carbocycles. The first kappa shape index (κ1) is 15.7. The van der Waals surface area contributed by atoms with Gasteiger partial charge in [-0.1, -0.05) is 30.7 Å². The molecule has 1 aliphatic heterocycles. The highest BCUT2D eigenvalue weighted by Crippen LogP contribution is 2.41. The average molecular weight is 307 g/mol. The van der Waals surface area contributed by atoms with E-state index in [9.17, 15) is 0 Å². The van der Waals surface area contributed by atoms with Crippen LogP contribution in [0, 0.1) is 18.3 Å². The van der Waals surface area contributed by atoms with E-state index < -0.39 is 0 Å². The number of allylic oxidation sites excluding steroid dienone is 2. The van der Waals surface area contributed by atoms with Gasteiger partial charge in [0, 0.05) is 20.1 Å². The van der Waals surface area contributed by atoms with Crippen LogP contribution in [0.15, 0.2) is 41.7 Å². The quantitative estimate of drug-likeness (QED) is 0.816. The zero-order chi connectivity index (χ0) is 16.4. The summed E-state index contributed by atoms with van der Waals surface area (Å²) in [5.74, 6) is 2.94. The smallest absolute Gasteiger partial charge is 0.0884 e. The van der Waals surface area contributed by atoms with Gasteiger partial charge in [-0.15, -0.1) is 6.42 Å². The number of rotatable bonds is 5. The van der Waals surface area contributed by atoms with Crippen LogP contribution in [0.25, 0.3) is 0 Å². The van der Waals surface area contributed by atoms with Crippen molar-refractivity contribution < 1.29 is 0 Å². The molecule has 1 heterocycles. The molecular formula is C20H25N3. The summed E-state index contributed by atoms with van der Waals surface area (Å²) in [6.07, 6.45) is 7.85. The van der Waals surface area contributed by atoms with Crippen LogP contribution in [-0.2, 0) is 19.4 Å². The molecule has 2 aliphatic rings. The summed E-state index contributed by atoms with van der Waals surface area (Å²) < 4.78 is 0. The summed E-state index contributed by atoms with van der Waals surface area (Å²) in [7, 11) is 3.94. The van der Waals surface area contributed by atoms with Crippen LogP contribution in [-0.4, -0.2) is 32.1 Å². The van der Waals surface area contributed by atoms with E-state index >= 15 is 0 Å². The molecule has 3 rings (SSSR count). The van der Waals surface area contributed by atoms with E-state index in [-0.39, 0.29) is 5.92 Å². The Balaban J connectivity index is 1.83. The second-order valence-corrected chi connectivity index (χ2v) is 6.26. The molecule has 0 amide bonds. The number of fused-ring (bicyclic) bond motifs is 1. The van der Waals surface area contributed by atoms with E-state index in [1.54, 1.807) is 0 Å². The predicted octanol–water partition coefficient (Wildman–Crippen LogP) is 2.06. The number of benzene rings is 1. The fourth-order valence-electron chi connectivity index (χ4n) is 3.59. The minimum atomic E-state index is 0.0616. The van der Waals surface area contributed by atoms with Gasteiger partial charge in [0.15, 0.2) is 0 Å². The molecule has 1 aromatic rings. The number of nitrogens with one attached hydrogen (secondary N) is 2. The highest BCUT2D eigenvalue weighted by atomic mass is 15.2. The molecule has 1 atom stereocenters. The van der Waals surface area contributed by atoms with Gasteiger partial charge >= 0.3 is 0 Å². The molecule has 3 nitrogen and oxygen atoms in total. The Hall–Kier alpha value is -2.18. The number of nitrogens with zero attached hydrogens (tertiary/aromatic N) is 1. The number of likely N-dealkylation sites (N-methyl/N-ethyl adjacent to an activating group) is 2. The Labute approximate surface area is 139 Å². The molecule has 0 fully saturated rings. The standard InChI is InChI=1S/C20H25N3/c1-5-18-14(2)19(22-4)20(18)23-11-9-16-7-6-15(8-10-21-3)12-17(16)13-23/h1,6-7,12,18,21-22H,2,8-11,13H2,3-4H3. The third-order valence-electron chi connectivity index (χ3n) is 4.90. The highest BCUT2D eigenvalue weighted by Gasteiger charge is 2.36. The SMILES string of the molecule is C#CC1C(=C)C(NC)=C1N1CCc2ccc(CCNC)cc2C1. The van der Waals surface area contributed by atoms with Gasteiger partial charge < -0.3 is 15.5 Å². The van der Waals surface area contributed by atoms with E-state index in [1.165, 1.54) is 22.4 Å². The molecule has 1 unspecified atom stereocenters. The van der Waals surface area contributed by atoms with Crippen LogP contribution in [0.1, 0.15) is 16.7 Å². The van der Waals surface area contributed by atoms with Crippen LogP contribution in [0.3, 0.4) is 0 Å². The Morgan fingerprint density at radius 3 is 2.87 bits per heavy atom. The fraction of sp³-hybridized carbons (Fsp3) is 0.400. The third kappa shape index (κ3) is 2.75. The number of terminal acetylenes is 1. The third-order valence-corrected chi connectivity index (χ3v) is 4.90. The molecular weight excluding hydrogens is 282 g/mol. The van der Waals surface area contributed by atoms with Gasteiger partial charge in [-0.05, 0) is 48.7 Å². The van der Waals surface area contributed by atoms with Gasteiger partial charge in [0.2, 0.25) is 0 Å². The summed E-state index contributed by atoms with van der Waals surface area (Å²) >= 11 is 0. The van der Waals surface area contributed by atoms with Crippen LogP contribution >= 0.6 is 0 Å². The Kier molecular flexibility index (Phi) is 4.45. The Morgan fingerprint density at radius 1 is 1.35 bits per heavy atom.